The highest BCUT2D eigenvalue weighted by molar-refractivity contribution is 5.91. The lowest BCUT2D eigenvalue weighted by atomic mass is 9.97. The molecule has 7 nitrogen and oxygen atoms in total. The number of amides is 1. The highest BCUT2D eigenvalue weighted by atomic mass is 16.3. The van der Waals surface area contributed by atoms with E-state index in [1.165, 1.54) is 11.8 Å². The van der Waals surface area contributed by atoms with Crippen LogP contribution in [0, 0.1) is 6.92 Å². The highest BCUT2D eigenvalue weighted by Crippen LogP contribution is 2.24. The van der Waals surface area contributed by atoms with Crippen LogP contribution in [0.5, 0.6) is 0 Å². The van der Waals surface area contributed by atoms with Crippen molar-refractivity contribution in [3.63, 3.8) is 0 Å². The molecular weight excluding hydrogens is 330 g/mol. The van der Waals surface area contributed by atoms with Gasteiger partial charge < -0.3 is 14.6 Å². The zero-order valence-corrected chi connectivity index (χ0v) is 14.5. The zero-order valence-electron chi connectivity index (χ0n) is 14.5. The summed E-state index contributed by atoms with van der Waals surface area (Å²) < 4.78 is 5.12. The number of aromatic nitrogens is 3. The largest absolute Gasteiger partial charge is 0.459 e. The van der Waals surface area contributed by atoms with Crippen molar-refractivity contribution >= 4 is 11.7 Å². The van der Waals surface area contributed by atoms with Gasteiger partial charge in [-0.15, -0.1) is 5.10 Å². The second kappa shape index (κ2) is 6.95. The van der Waals surface area contributed by atoms with Crippen molar-refractivity contribution in [1.29, 1.82) is 0 Å². The molecule has 3 aromatic rings. The van der Waals surface area contributed by atoms with Gasteiger partial charge in [0.15, 0.2) is 11.6 Å². The van der Waals surface area contributed by atoms with E-state index in [0.29, 0.717) is 12.3 Å². The van der Waals surface area contributed by atoms with Gasteiger partial charge in [0.1, 0.15) is 0 Å². The first kappa shape index (κ1) is 16.3. The van der Waals surface area contributed by atoms with Gasteiger partial charge in [-0.05, 0) is 54.3 Å². The molecule has 0 atom stereocenters. The molecule has 0 aliphatic carbocycles. The van der Waals surface area contributed by atoms with Crippen molar-refractivity contribution in [3.8, 4) is 0 Å². The van der Waals surface area contributed by atoms with Crippen LogP contribution >= 0.6 is 0 Å². The number of pyridine rings is 1. The summed E-state index contributed by atoms with van der Waals surface area (Å²) in [5.74, 6) is 0.963. The van der Waals surface area contributed by atoms with E-state index < -0.39 is 0 Å². The van der Waals surface area contributed by atoms with Gasteiger partial charge >= 0.3 is 0 Å². The number of aryl methyl sites for hydroxylation is 1. The fourth-order valence-electron chi connectivity index (χ4n) is 3.15. The average molecular weight is 349 g/mol. The summed E-state index contributed by atoms with van der Waals surface area (Å²) >= 11 is 0. The Hall–Kier alpha value is -3.22. The first-order valence-corrected chi connectivity index (χ1v) is 8.52. The molecule has 132 valence electrons. The maximum atomic E-state index is 12.1. The molecule has 1 aliphatic rings. The normalized spacial score (nSPS) is 13.3. The van der Waals surface area contributed by atoms with Crippen LogP contribution in [0.25, 0.3) is 0 Å². The third kappa shape index (κ3) is 3.28. The smallest absolute Gasteiger partial charge is 0.287 e. The van der Waals surface area contributed by atoms with Crippen molar-refractivity contribution in [1.82, 2.24) is 20.5 Å². The minimum atomic E-state index is -0.222. The first-order chi connectivity index (χ1) is 12.7. The van der Waals surface area contributed by atoms with Crippen LogP contribution in [0.3, 0.4) is 0 Å². The maximum absolute atomic E-state index is 12.1. The molecule has 0 saturated heterocycles. The van der Waals surface area contributed by atoms with Crippen LogP contribution < -0.4 is 10.2 Å². The Balaban J connectivity index is 1.48. The van der Waals surface area contributed by atoms with Crippen molar-refractivity contribution in [2.45, 2.75) is 26.4 Å². The SMILES string of the molecule is Cc1ccc(N2CCc3c(CNC(=O)c4ccco4)cncc3C2)nn1. The molecule has 0 fully saturated rings. The molecule has 0 bridgehead atoms. The molecule has 1 aliphatic heterocycles. The van der Waals surface area contributed by atoms with Gasteiger partial charge in [-0.1, -0.05) is 0 Å². The quantitative estimate of drug-likeness (QED) is 0.778. The standard InChI is InChI=1S/C19H19N5O2/c1-13-4-5-18(23-22-13)24-7-6-16-14(9-20-10-15(16)12-24)11-21-19(25)17-3-2-8-26-17/h2-5,8-10H,6-7,11-12H2,1H3,(H,21,25). The minimum Gasteiger partial charge on any atom is -0.459 e. The number of furan rings is 1. The Labute approximate surface area is 151 Å². The van der Waals surface area contributed by atoms with Crippen molar-refractivity contribution < 1.29 is 9.21 Å². The summed E-state index contributed by atoms with van der Waals surface area (Å²) in [6.45, 7) is 3.95. The van der Waals surface area contributed by atoms with Crippen LogP contribution in [-0.4, -0.2) is 27.6 Å². The maximum Gasteiger partial charge on any atom is 0.287 e. The number of carbonyl (C=O) groups is 1. The number of anilines is 1. The first-order valence-electron chi connectivity index (χ1n) is 8.52. The molecule has 7 heteroatoms. The molecular formula is C19H19N5O2. The predicted molar refractivity (Wildman–Crippen MR) is 95.6 cm³/mol. The Morgan fingerprint density at radius 1 is 1.27 bits per heavy atom. The van der Waals surface area contributed by atoms with E-state index in [2.05, 4.69) is 25.4 Å². The van der Waals surface area contributed by atoms with Gasteiger partial charge in [-0.25, -0.2) is 0 Å². The van der Waals surface area contributed by atoms with Crippen molar-refractivity contribution in [3.05, 3.63) is 71.1 Å². The number of nitrogens with one attached hydrogen (secondary N) is 1. The van der Waals surface area contributed by atoms with E-state index in [-0.39, 0.29) is 5.91 Å². The van der Waals surface area contributed by atoms with Crippen LogP contribution in [0.1, 0.15) is 32.9 Å². The van der Waals surface area contributed by atoms with Gasteiger partial charge in [0.25, 0.3) is 5.91 Å². The number of fused-ring (bicyclic) bond motifs is 1. The Morgan fingerprint density at radius 2 is 2.19 bits per heavy atom. The van der Waals surface area contributed by atoms with E-state index in [1.807, 2.05) is 31.5 Å². The number of hydrogen-bond acceptors (Lipinski definition) is 6. The van der Waals surface area contributed by atoms with Gasteiger partial charge in [0.05, 0.1) is 12.0 Å². The van der Waals surface area contributed by atoms with E-state index in [9.17, 15) is 4.79 Å². The van der Waals surface area contributed by atoms with Gasteiger partial charge in [0.2, 0.25) is 0 Å². The van der Waals surface area contributed by atoms with Gasteiger partial charge in [-0.2, -0.15) is 5.10 Å². The lowest BCUT2D eigenvalue weighted by molar-refractivity contribution is 0.0923. The number of carbonyl (C=O) groups excluding carboxylic acids is 1. The summed E-state index contributed by atoms with van der Waals surface area (Å²) in [6, 6.07) is 7.31. The van der Waals surface area contributed by atoms with E-state index >= 15 is 0 Å². The van der Waals surface area contributed by atoms with Crippen LogP contribution in [0.15, 0.2) is 47.3 Å². The van der Waals surface area contributed by atoms with Gasteiger partial charge in [-0.3, -0.25) is 9.78 Å². The van der Waals surface area contributed by atoms with E-state index in [4.69, 9.17) is 4.42 Å². The Morgan fingerprint density at radius 3 is 2.96 bits per heavy atom. The molecule has 4 rings (SSSR count). The molecule has 0 aromatic carbocycles. The minimum absolute atomic E-state index is 0.222. The lowest BCUT2D eigenvalue weighted by Gasteiger charge is -2.30. The third-order valence-electron chi connectivity index (χ3n) is 4.52. The summed E-state index contributed by atoms with van der Waals surface area (Å²) in [6.07, 6.45) is 6.08. The van der Waals surface area contributed by atoms with Crippen molar-refractivity contribution in [2.75, 3.05) is 11.4 Å². The monoisotopic (exact) mass is 349 g/mol. The molecule has 0 unspecified atom stereocenters. The summed E-state index contributed by atoms with van der Waals surface area (Å²) in [5.41, 5.74) is 4.35. The Kier molecular flexibility index (Phi) is 4.35. The molecule has 0 spiro atoms. The molecule has 1 N–H and O–H groups in total. The number of hydrogen-bond donors (Lipinski definition) is 1. The summed E-state index contributed by atoms with van der Waals surface area (Å²) in [7, 11) is 0. The fraction of sp³-hybridized carbons (Fsp3) is 0.263. The second-order valence-electron chi connectivity index (χ2n) is 6.30. The summed E-state index contributed by atoms with van der Waals surface area (Å²) in [5, 5.41) is 11.3. The van der Waals surface area contributed by atoms with Crippen LogP contribution in [-0.2, 0) is 19.5 Å². The molecule has 0 radical (unpaired) electrons. The second-order valence-corrected chi connectivity index (χ2v) is 6.30. The molecule has 3 aromatic heterocycles. The predicted octanol–water partition coefficient (Wildman–Crippen LogP) is 2.27. The molecule has 1 amide bonds. The van der Waals surface area contributed by atoms with Gasteiger partial charge in [0, 0.05) is 32.0 Å². The number of rotatable bonds is 4. The Bertz CT molecular complexity index is 906. The highest BCUT2D eigenvalue weighted by Gasteiger charge is 2.21. The van der Waals surface area contributed by atoms with E-state index in [1.54, 1.807) is 12.1 Å². The lowest BCUT2D eigenvalue weighted by Crippen LogP contribution is -2.33. The van der Waals surface area contributed by atoms with Crippen LogP contribution in [0.4, 0.5) is 5.82 Å². The van der Waals surface area contributed by atoms with Crippen LogP contribution in [0.2, 0.25) is 0 Å². The zero-order chi connectivity index (χ0) is 17.9. The fourth-order valence-corrected chi connectivity index (χ4v) is 3.15. The topological polar surface area (TPSA) is 84.2 Å². The average Bonchev–Trinajstić information content (AvgIpc) is 3.21. The molecule has 4 heterocycles. The molecule has 26 heavy (non-hydrogen) atoms. The van der Waals surface area contributed by atoms with Crippen molar-refractivity contribution in [2.24, 2.45) is 0 Å². The van der Waals surface area contributed by atoms with E-state index in [0.717, 1.165) is 42.1 Å². The molecule has 0 saturated carbocycles. The summed E-state index contributed by atoms with van der Waals surface area (Å²) in [4.78, 5) is 18.6. The third-order valence-corrected chi connectivity index (χ3v) is 4.52. The number of nitrogens with zero attached hydrogens (tertiary/aromatic N) is 4.